The number of para-hydroxylation sites is 1. The van der Waals surface area contributed by atoms with Crippen molar-refractivity contribution < 1.29 is 24.0 Å². The third-order valence-corrected chi connectivity index (χ3v) is 10.8. The highest BCUT2D eigenvalue weighted by Crippen LogP contribution is 2.38. The average molecular weight is 715 g/mol. The molecule has 1 saturated carbocycles. The Balaban J connectivity index is 1.08. The van der Waals surface area contributed by atoms with Crippen molar-refractivity contribution in [2.24, 2.45) is 17.8 Å². The summed E-state index contributed by atoms with van der Waals surface area (Å²) in [6.07, 6.45) is 8.22. The smallest absolute Gasteiger partial charge is 0.434 e. The molecule has 2 N–H and O–H groups in total. The lowest BCUT2D eigenvalue weighted by Crippen LogP contribution is -2.21. The molecule has 0 radical (unpaired) electrons. The molecule has 1 aliphatic rings. The minimum atomic E-state index is -0.809. The first kappa shape index (κ1) is 37.3. The summed E-state index contributed by atoms with van der Waals surface area (Å²) in [5, 5.41) is 17.7. The molecule has 2 atom stereocenters. The van der Waals surface area contributed by atoms with Crippen LogP contribution in [0.4, 0.5) is 27.1 Å². The van der Waals surface area contributed by atoms with E-state index in [1.165, 1.54) is 35.6 Å². The summed E-state index contributed by atoms with van der Waals surface area (Å²) in [7, 11) is 0. The second kappa shape index (κ2) is 17.3. The third-order valence-electron chi connectivity index (χ3n) is 9.86. The van der Waals surface area contributed by atoms with Crippen LogP contribution in [0.1, 0.15) is 97.0 Å². The SMILES string of the molecule is Cc1nc(Nc2ncc(C(=O)Nc3c(C)cccc3C)s2)cc(C(C)C2CCCC([C@H](C)CCOC(=O)Oc3ccc([N+](=O)[O-])cc3)CCC2)n1. The predicted octanol–water partition coefficient (Wildman–Crippen LogP) is 9.69. The number of nitro benzene ring substituents is 1. The number of nitrogens with one attached hydrogen (secondary N) is 2. The molecule has 12 nitrogen and oxygen atoms in total. The topological polar surface area (TPSA) is 158 Å². The number of nitrogens with zero attached hydrogens (tertiary/aromatic N) is 4. The largest absolute Gasteiger partial charge is 0.513 e. The Morgan fingerprint density at radius 1 is 0.980 bits per heavy atom. The van der Waals surface area contributed by atoms with Crippen molar-refractivity contribution in [1.82, 2.24) is 15.0 Å². The van der Waals surface area contributed by atoms with Crippen molar-refractivity contribution in [3.05, 3.63) is 92.4 Å². The van der Waals surface area contributed by atoms with Crippen molar-refractivity contribution in [3.8, 4) is 5.75 Å². The summed E-state index contributed by atoms with van der Waals surface area (Å²) in [4.78, 5) is 49.8. The molecule has 13 heteroatoms. The Kier molecular flexibility index (Phi) is 12.7. The second-order valence-electron chi connectivity index (χ2n) is 13.5. The first-order valence-corrected chi connectivity index (χ1v) is 18.3. The molecule has 270 valence electrons. The third kappa shape index (κ3) is 10.3. The van der Waals surface area contributed by atoms with E-state index in [-0.39, 0.29) is 29.9 Å². The zero-order chi connectivity index (χ0) is 36.5. The van der Waals surface area contributed by atoms with Crippen molar-refractivity contribution in [3.63, 3.8) is 0 Å². The van der Waals surface area contributed by atoms with Crippen LogP contribution in [-0.4, -0.2) is 38.5 Å². The van der Waals surface area contributed by atoms with Gasteiger partial charge in [0.15, 0.2) is 5.13 Å². The van der Waals surface area contributed by atoms with E-state index in [1.54, 1.807) is 6.20 Å². The van der Waals surface area contributed by atoms with Gasteiger partial charge < -0.3 is 20.1 Å². The van der Waals surface area contributed by atoms with Crippen LogP contribution >= 0.6 is 11.3 Å². The molecule has 51 heavy (non-hydrogen) atoms. The first-order chi connectivity index (χ1) is 24.5. The van der Waals surface area contributed by atoms with Crippen LogP contribution in [0.25, 0.3) is 0 Å². The van der Waals surface area contributed by atoms with Crippen LogP contribution in [0.3, 0.4) is 0 Å². The lowest BCUT2D eigenvalue weighted by atomic mass is 9.75. The Morgan fingerprint density at radius 3 is 2.31 bits per heavy atom. The summed E-state index contributed by atoms with van der Waals surface area (Å²) in [6.45, 7) is 10.6. The maximum absolute atomic E-state index is 13.0. The Morgan fingerprint density at radius 2 is 1.65 bits per heavy atom. The van der Waals surface area contributed by atoms with Gasteiger partial charge in [-0.25, -0.2) is 19.7 Å². The Hall–Kier alpha value is -4.91. The quantitative estimate of drug-likeness (QED) is 0.0626. The minimum absolute atomic E-state index is 0.0737. The van der Waals surface area contributed by atoms with E-state index in [0.717, 1.165) is 67.5 Å². The van der Waals surface area contributed by atoms with Crippen LogP contribution in [0.5, 0.6) is 5.75 Å². The summed E-state index contributed by atoms with van der Waals surface area (Å²) in [6, 6.07) is 13.2. The van der Waals surface area contributed by atoms with Gasteiger partial charge in [-0.1, -0.05) is 69.1 Å². The first-order valence-electron chi connectivity index (χ1n) is 17.5. The van der Waals surface area contributed by atoms with Gasteiger partial charge in [0.1, 0.15) is 22.3 Å². The monoisotopic (exact) mass is 714 g/mol. The van der Waals surface area contributed by atoms with Crippen molar-refractivity contribution in [1.29, 1.82) is 0 Å². The van der Waals surface area contributed by atoms with Crippen molar-refractivity contribution in [2.45, 2.75) is 85.5 Å². The second-order valence-corrected chi connectivity index (χ2v) is 14.5. The van der Waals surface area contributed by atoms with Crippen LogP contribution in [0.2, 0.25) is 0 Å². The van der Waals surface area contributed by atoms with Gasteiger partial charge in [0, 0.05) is 35.5 Å². The number of carbonyl (C=O) groups excluding carboxylic acids is 2. The van der Waals surface area contributed by atoms with Gasteiger partial charge in [-0.05, 0) is 81.0 Å². The van der Waals surface area contributed by atoms with Gasteiger partial charge in [-0.15, -0.1) is 0 Å². The van der Waals surface area contributed by atoms with E-state index in [9.17, 15) is 19.7 Å². The van der Waals surface area contributed by atoms with Crippen molar-refractivity contribution >= 4 is 45.7 Å². The molecule has 0 aliphatic heterocycles. The van der Waals surface area contributed by atoms with Crippen LogP contribution in [-0.2, 0) is 4.74 Å². The highest BCUT2D eigenvalue weighted by atomic mass is 32.1. The van der Waals surface area contributed by atoms with Crippen LogP contribution in [0, 0.1) is 48.6 Å². The predicted molar refractivity (Wildman–Crippen MR) is 198 cm³/mol. The maximum Gasteiger partial charge on any atom is 0.513 e. The molecule has 1 unspecified atom stereocenters. The highest BCUT2D eigenvalue weighted by molar-refractivity contribution is 7.17. The number of anilines is 3. The standard InChI is InChI=1S/C38H46N6O6S/c1-23(19-20-49-38(46)50-31-17-15-30(16-18-31)44(47)48)28-11-7-13-29(14-8-12-28)26(4)32-21-34(41-27(5)40-32)42-37-39-22-33(51-37)36(45)43-35-24(2)9-6-10-25(35)3/h6,9-10,15-18,21-23,26,28-29H,7-8,11-14,19-20H2,1-5H3,(H,43,45)(H,39,40,41,42)/t23-,26?,28?,29?/m1/s1. The highest BCUT2D eigenvalue weighted by Gasteiger charge is 2.26. The number of aryl methyl sites for hydroxylation is 3. The fourth-order valence-electron chi connectivity index (χ4n) is 6.83. The molecule has 0 bridgehead atoms. The molecule has 0 saturated heterocycles. The molecule has 1 fully saturated rings. The number of non-ortho nitro benzene ring substituents is 1. The van der Waals surface area contributed by atoms with Gasteiger partial charge in [-0.2, -0.15) is 0 Å². The number of hydrogen-bond acceptors (Lipinski definition) is 11. The van der Waals surface area contributed by atoms with Gasteiger partial charge in [0.2, 0.25) is 0 Å². The molecule has 1 amide bonds. The summed E-state index contributed by atoms with van der Waals surface area (Å²) < 4.78 is 10.5. The molecule has 2 heterocycles. The minimum Gasteiger partial charge on any atom is -0.434 e. The summed E-state index contributed by atoms with van der Waals surface area (Å²) in [5.74, 6) is 3.07. The van der Waals surface area contributed by atoms with Gasteiger partial charge in [0.05, 0.1) is 17.7 Å². The fraction of sp³-hybridized carbons (Fsp3) is 0.447. The van der Waals surface area contributed by atoms with Crippen LogP contribution < -0.4 is 15.4 Å². The lowest BCUT2D eigenvalue weighted by molar-refractivity contribution is -0.384. The van der Waals surface area contributed by atoms with Crippen LogP contribution in [0.15, 0.2) is 54.7 Å². The van der Waals surface area contributed by atoms with E-state index in [1.807, 2.05) is 45.0 Å². The van der Waals surface area contributed by atoms with E-state index < -0.39 is 11.1 Å². The maximum atomic E-state index is 13.0. The number of amides is 1. The fourth-order valence-corrected chi connectivity index (χ4v) is 7.55. The van der Waals surface area contributed by atoms with Gasteiger partial charge >= 0.3 is 6.16 Å². The molecule has 5 rings (SSSR count). The zero-order valence-electron chi connectivity index (χ0n) is 29.8. The molecule has 4 aromatic rings. The van der Waals surface area contributed by atoms with Gasteiger partial charge in [-0.3, -0.25) is 14.9 Å². The Labute approximate surface area is 302 Å². The average Bonchev–Trinajstić information content (AvgIpc) is 3.54. The number of aromatic nitrogens is 3. The number of rotatable bonds is 12. The lowest BCUT2D eigenvalue weighted by Gasteiger charge is -2.31. The molecular weight excluding hydrogens is 669 g/mol. The van der Waals surface area contributed by atoms with E-state index in [0.29, 0.717) is 39.4 Å². The summed E-state index contributed by atoms with van der Waals surface area (Å²) in [5.41, 5.74) is 3.77. The normalized spacial score (nSPS) is 17.4. The zero-order valence-corrected chi connectivity index (χ0v) is 30.6. The van der Waals surface area contributed by atoms with Gasteiger partial charge in [0.25, 0.3) is 11.6 Å². The Bertz CT molecular complexity index is 1800. The molecule has 1 aliphatic carbocycles. The number of hydrogen-bond donors (Lipinski definition) is 2. The molecular formula is C38H46N6O6S. The molecule has 2 aromatic carbocycles. The number of carbonyl (C=O) groups is 2. The number of thiazole rings is 1. The number of nitro groups is 1. The van der Waals surface area contributed by atoms with Crippen molar-refractivity contribution in [2.75, 3.05) is 17.2 Å². The number of ether oxygens (including phenoxy) is 2. The molecule has 0 spiro atoms. The number of benzene rings is 2. The van der Waals surface area contributed by atoms with E-state index in [4.69, 9.17) is 14.5 Å². The van der Waals surface area contributed by atoms with E-state index in [2.05, 4.69) is 34.4 Å². The summed E-state index contributed by atoms with van der Waals surface area (Å²) >= 11 is 1.29. The van der Waals surface area contributed by atoms with E-state index >= 15 is 0 Å². The molecule has 2 aromatic heterocycles.